The van der Waals surface area contributed by atoms with Crippen LogP contribution in [0, 0.1) is 0 Å². The van der Waals surface area contributed by atoms with E-state index in [1.165, 1.54) is 5.56 Å². The van der Waals surface area contributed by atoms with Gasteiger partial charge in [-0.15, -0.1) is 0 Å². The number of hydrogen-bond acceptors (Lipinski definition) is 3. The highest BCUT2D eigenvalue weighted by Gasteiger charge is 2.53. The lowest BCUT2D eigenvalue weighted by molar-refractivity contribution is -0.144. The molecule has 1 spiro atoms. The van der Waals surface area contributed by atoms with E-state index in [9.17, 15) is 9.59 Å². The van der Waals surface area contributed by atoms with Crippen LogP contribution in [0.25, 0.3) is 0 Å². The van der Waals surface area contributed by atoms with E-state index in [0.29, 0.717) is 26.1 Å². The van der Waals surface area contributed by atoms with Crippen molar-refractivity contribution in [3.63, 3.8) is 0 Å². The highest BCUT2D eigenvalue weighted by Crippen LogP contribution is 2.48. The third kappa shape index (κ3) is 2.74. The third-order valence-electron chi connectivity index (χ3n) is 6.42. The number of benzene rings is 1. The van der Waals surface area contributed by atoms with Gasteiger partial charge in [-0.1, -0.05) is 30.3 Å². The molecule has 3 heterocycles. The zero-order valence-electron chi connectivity index (χ0n) is 14.8. The van der Waals surface area contributed by atoms with Crippen LogP contribution in [0.4, 0.5) is 0 Å². The molecule has 25 heavy (non-hydrogen) atoms. The van der Waals surface area contributed by atoms with Crippen molar-refractivity contribution in [1.29, 1.82) is 0 Å². The van der Waals surface area contributed by atoms with Gasteiger partial charge in [-0.3, -0.25) is 9.59 Å². The number of amides is 2. The standard InChI is InChI=1S/C20H26N2O3/c1-21-18(23)14-16(15-6-3-2-4-7-15)20(21)9-11-22(12-10-20)19(24)17-8-5-13-25-17/h2-4,6-7,16-17H,5,8-14H2,1H3/t16-,17+/m0/s1. The lowest BCUT2D eigenvalue weighted by atomic mass is 9.73. The summed E-state index contributed by atoms with van der Waals surface area (Å²) in [4.78, 5) is 29.0. The molecule has 3 aliphatic heterocycles. The van der Waals surface area contributed by atoms with Gasteiger partial charge in [-0.2, -0.15) is 0 Å². The fraction of sp³-hybridized carbons (Fsp3) is 0.600. The lowest BCUT2D eigenvalue weighted by Gasteiger charge is -2.47. The molecule has 5 nitrogen and oxygen atoms in total. The first-order valence-corrected chi connectivity index (χ1v) is 9.34. The zero-order valence-corrected chi connectivity index (χ0v) is 14.8. The second-order valence-electron chi connectivity index (χ2n) is 7.55. The number of hydrogen-bond donors (Lipinski definition) is 0. The van der Waals surface area contributed by atoms with Crippen LogP contribution >= 0.6 is 0 Å². The number of likely N-dealkylation sites (N-methyl/N-ethyl adjacent to an activating group) is 1. The van der Waals surface area contributed by atoms with E-state index in [2.05, 4.69) is 12.1 Å². The molecular formula is C20H26N2O3. The average molecular weight is 342 g/mol. The van der Waals surface area contributed by atoms with Gasteiger partial charge in [0, 0.05) is 39.1 Å². The van der Waals surface area contributed by atoms with E-state index < -0.39 is 0 Å². The van der Waals surface area contributed by atoms with E-state index >= 15 is 0 Å². The molecule has 3 fully saturated rings. The molecule has 4 rings (SSSR count). The minimum absolute atomic E-state index is 0.135. The topological polar surface area (TPSA) is 49.9 Å². The van der Waals surface area contributed by atoms with Crippen molar-refractivity contribution >= 4 is 11.8 Å². The van der Waals surface area contributed by atoms with Gasteiger partial charge in [-0.25, -0.2) is 0 Å². The molecule has 0 N–H and O–H groups in total. The van der Waals surface area contributed by atoms with Gasteiger partial charge in [0.2, 0.25) is 5.91 Å². The Morgan fingerprint density at radius 1 is 1.20 bits per heavy atom. The van der Waals surface area contributed by atoms with Crippen LogP contribution in [-0.4, -0.2) is 60.0 Å². The predicted molar refractivity (Wildman–Crippen MR) is 94.1 cm³/mol. The molecule has 3 saturated heterocycles. The highest BCUT2D eigenvalue weighted by molar-refractivity contribution is 5.83. The number of rotatable bonds is 2. The monoisotopic (exact) mass is 342 g/mol. The van der Waals surface area contributed by atoms with Crippen molar-refractivity contribution in [2.45, 2.75) is 49.7 Å². The maximum Gasteiger partial charge on any atom is 0.251 e. The van der Waals surface area contributed by atoms with Crippen molar-refractivity contribution in [3.05, 3.63) is 35.9 Å². The van der Waals surface area contributed by atoms with Gasteiger partial charge >= 0.3 is 0 Å². The summed E-state index contributed by atoms with van der Waals surface area (Å²) in [6, 6.07) is 10.4. The SMILES string of the molecule is CN1C(=O)C[C@@H](c2ccccc2)C12CCN(C(=O)[C@H]1CCCO1)CC2. The molecule has 0 radical (unpaired) electrons. The molecule has 0 aliphatic carbocycles. The van der Waals surface area contributed by atoms with E-state index in [-0.39, 0.29) is 29.4 Å². The summed E-state index contributed by atoms with van der Waals surface area (Å²) in [7, 11) is 1.93. The summed E-state index contributed by atoms with van der Waals surface area (Å²) >= 11 is 0. The van der Waals surface area contributed by atoms with E-state index in [1.54, 1.807) is 0 Å². The van der Waals surface area contributed by atoms with Gasteiger partial charge in [0.1, 0.15) is 6.10 Å². The average Bonchev–Trinajstić information content (AvgIpc) is 3.27. The van der Waals surface area contributed by atoms with E-state index in [1.807, 2.05) is 35.0 Å². The summed E-state index contributed by atoms with van der Waals surface area (Å²) in [5.74, 6) is 0.564. The Morgan fingerprint density at radius 2 is 1.92 bits per heavy atom. The van der Waals surface area contributed by atoms with Gasteiger partial charge in [0.25, 0.3) is 5.91 Å². The minimum Gasteiger partial charge on any atom is -0.368 e. The predicted octanol–water partition coefficient (Wildman–Crippen LogP) is 2.17. The van der Waals surface area contributed by atoms with Gasteiger partial charge < -0.3 is 14.5 Å². The van der Waals surface area contributed by atoms with Crippen molar-refractivity contribution in [2.75, 3.05) is 26.7 Å². The second kappa shape index (κ2) is 6.45. The molecule has 3 aliphatic rings. The van der Waals surface area contributed by atoms with E-state index in [0.717, 1.165) is 25.7 Å². The molecule has 5 heteroatoms. The summed E-state index contributed by atoms with van der Waals surface area (Å²) in [5, 5.41) is 0. The molecule has 0 saturated carbocycles. The molecule has 134 valence electrons. The number of nitrogens with zero attached hydrogens (tertiary/aromatic N) is 2. The minimum atomic E-state index is -0.248. The third-order valence-corrected chi connectivity index (χ3v) is 6.42. The van der Waals surface area contributed by atoms with Crippen LogP contribution in [-0.2, 0) is 14.3 Å². The summed E-state index contributed by atoms with van der Waals surface area (Å²) in [6.07, 6.45) is 3.81. The van der Waals surface area contributed by atoms with Crippen LogP contribution in [0.1, 0.15) is 43.6 Å². The quantitative estimate of drug-likeness (QED) is 0.828. The molecular weight excluding hydrogens is 316 g/mol. The van der Waals surface area contributed by atoms with E-state index in [4.69, 9.17) is 4.74 Å². The lowest BCUT2D eigenvalue weighted by Crippen LogP contribution is -2.56. The Morgan fingerprint density at radius 3 is 2.56 bits per heavy atom. The molecule has 1 aromatic rings. The molecule has 0 bridgehead atoms. The summed E-state index contributed by atoms with van der Waals surface area (Å²) in [6.45, 7) is 2.11. The number of carbonyl (C=O) groups excluding carboxylic acids is 2. The molecule has 2 atom stereocenters. The summed E-state index contributed by atoms with van der Waals surface area (Å²) < 4.78 is 5.56. The first kappa shape index (κ1) is 16.6. The zero-order chi connectivity index (χ0) is 17.4. The molecule has 0 unspecified atom stereocenters. The van der Waals surface area contributed by atoms with Gasteiger partial charge in [0.15, 0.2) is 0 Å². The number of carbonyl (C=O) groups is 2. The molecule has 1 aromatic carbocycles. The van der Waals surface area contributed by atoms with Crippen molar-refractivity contribution < 1.29 is 14.3 Å². The number of ether oxygens (including phenoxy) is 1. The van der Waals surface area contributed by atoms with Crippen LogP contribution in [0.2, 0.25) is 0 Å². The number of likely N-dealkylation sites (tertiary alicyclic amines) is 2. The fourth-order valence-corrected chi connectivity index (χ4v) is 4.87. The molecule has 0 aromatic heterocycles. The van der Waals surface area contributed by atoms with Crippen LogP contribution in [0.3, 0.4) is 0 Å². The van der Waals surface area contributed by atoms with Crippen molar-refractivity contribution in [3.8, 4) is 0 Å². The normalized spacial score (nSPS) is 28.8. The maximum atomic E-state index is 12.6. The van der Waals surface area contributed by atoms with Crippen LogP contribution in [0.15, 0.2) is 30.3 Å². The Hall–Kier alpha value is -1.88. The highest BCUT2D eigenvalue weighted by atomic mass is 16.5. The Bertz CT molecular complexity index is 646. The summed E-state index contributed by atoms with van der Waals surface area (Å²) in [5.41, 5.74) is 1.07. The fourth-order valence-electron chi connectivity index (χ4n) is 4.87. The first-order valence-electron chi connectivity index (χ1n) is 9.34. The second-order valence-corrected chi connectivity index (χ2v) is 7.55. The Labute approximate surface area is 148 Å². The van der Waals surface area contributed by atoms with Crippen LogP contribution < -0.4 is 0 Å². The Kier molecular flexibility index (Phi) is 4.28. The Balaban J connectivity index is 1.52. The van der Waals surface area contributed by atoms with Crippen LogP contribution in [0.5, 0.6) is 0 Å². The van der Waals surface area contributed by atoms with Crippen molar-refractivity contribution in [1.82, 2.24) is 9.80 Å². The maximum absolute atomic E-state index is 12.6. The number of piperidine rings is 1. The largest absolute Gasteiger partial charge is 0.368 e. The first-order chi connectivity index (χ1) is 12.1. The van der Waals surface area contributed by atoms with Gasteiger partial charge in [-0.05, 0) is 31.2 Å². The molecule has 2 amide bonds. The van der Waals surface area contributed by atoms with Crippen molar-refractivity contribution in [2.24, 2.45) is 0 Å². The van der Waals surface area contributed by atoms with Gasteiger partial charge in [0.05, 0.1) is 5.54 Å². The smallest absolute Gasteiger partial charge is 0.251 e.